The second-order valence-corrected chi connectivity index (χ2v) is 6.73. The summed E-state index contributed by atoms with van der Waals surface area (Å²) in [5, 5.41) is 6.56. The van der Waals surface area contributed by atoms with Gasteiger partial charge >= 0.3 is 0 Å². The Morgan fingerprint density at radius 3 is 2.63 bits per heavy atom. The fourth-order valence-corrected chi connectivity index (χ4v) is 3.29. The minimum absolute atomic E-state index is 0.385. The van der Waals surface area contributed by atoms with Gasteiger partial charge in [0.05, 0.1) is 17.6 Å². The molecular weight excluding hydrogens is 363 g/mol. The van der Waals surface area contributed by atoms with Crippen LogP contribution in [0.15, 0.2) is 53.6 Å². The van der Waals surface area contributed by atoms with E-state index < -0.39 is 0 Å². The zero-order chi connectivity index (χ0) is 18.8. The zero-order valence-electron chi connectivity index (χ0n) is 14.7. The summed E-state index contributed by atoms with van der Waals surface area (Å²) < 4.78 is 13.1. The third-order valence-electron chi connectivity index (χ3n) is 3.93. The number of H-pyrrole nitrogens is 1. The number of halogens is 1. The molecule has 0 spiro atoms. The summed E-state index contributed by atoms with van der Waals surface area (Å²) in [7, 11) is 0. The van der Waals surface area contributed by atoms with E-state index >= 15 is 0 Å². The average molecular weight is 380 g/mol. The smallest absolute Gasteiger partial charge is 0.161 e. The first-order chi connectivity index (χ1) is 13.1. The molecule has 0 atom stereocenters. The lowest BCUT2D eigenvalue weighted by molar-refractivity contribution is 0.622. The lowest BCUT2D eigenvalue weighted by Crippen LogP contribution is -2.00. The van der Waals surface area contributed by atoms with Gasteiger partial charge in [-0.1, -0.05) is 12.1 Å². The summed E-state index contributed by atoms with van der Waals surface area (Å²) in [4.78, 5) is 17.4. The standard InChI is InChI=1S/C19H17FN6S/c1-11-22-18-14(24-13-5-3-4-6-15(13)27-2)9-17(26-19(18)23-11)25-16-8-7-12(20)10-21-16/h3-10H,1-2H3,(H3,21,22,23,24,25,26). The van der Waals surface area contributed by atoms with Gasteiger partial charge in [-0.3, -0.25) is 0 Å². The normalized spacial score (nSPS) is 10.9. The molecule has 3 N–H and O–H groups in total. The number of benzene rings is 1. The predicted octanol–water partition coefficient (Wildman–Crippen LogP) is 5.01. The van der Waals surface area contributed by atoms with Crippen molar-refractivity contribution in [3.05, 3.63) is 60.3 Å². The van der Waals surface area contributed by atoms with Crippen molar-refractivity contribution in [2.45, 2.75) is 11.8 Å². The number of para-hydroxylation sites is 1. The third kappa shape index (κ3) is 3.70. The van der Waals surface area contributed by atoms with Crippen LogP contribution < -0.4 is 10.6 Å². The number of pyridine rings is 2. The summed E-state index contributed by atoms with van der Waals surface area (Å²) in [6.07, 6.45) is 3.20. The number of anilines is 4. The van der Waals surface area contributed by atoms with Crippen molar-refractivity contribution in [2.24, 2.45) is 0 Å². The Labute approximate surface area is 159 Å². The van der Waals surface area contributed by atoms with Gasteiger partial charge in [-0.15, -0.1) is 11.8 Å². The van der Waals surface area contributed by atoms with Crippen molar-refractivity contribution < 1.29 is 4.39 Å². The lowest BCUT2D eigenvalue weighted by atomic mass is 10.2. The van der Waals surface area contributed by atoms with E-state index in [2.05, 4.69) is 36.6 Å². The van der Waals surface area contributed by atoms with Crippen LogP contribution in [-0.4, -0.2) is 26.2 Å². The van der Waals surface area contributed by atoms with E-state index in [1.165, 1.54) is 6.07 Å². The molecule has 0 aliphatic rings. The molecule has 0 fully saturated rings. The van der Waals surface area contributed by atoms with Gasteiger partial charge in [-0.2, -0.15) is 0 Å². The number of rotatable bonds is 5. The van der Waals surface area contributed by atoms with Crippen LogP contribution in [0.2, 0.25) is 0 Å². The second-order valence-electron chi connectivity index (χ2n) is 5.89. The van der Waals surface area contributed by atoms with E-state index in [4.69, 9.17) is 0 Å². The van der Waals surface area contributed by atoms with Crippen LogP contribution in [0.4, 0.5) is 27.4 Å². The first kappa shape index (κ1) is 17.3. The van der Waals surface area contributed by atoms with Crippen LogP contribution in [0.5, 0.6) is 0 Å². The van der Waals surface area contributed by atoms with E-state index in [1.807, 2.05) is 37.4 Å². The molecule has 0 aliphatic heterocycles. The molecular formula is C19H17FN6S. The average Bonchev–Trinajstić information content (AvgIpc) is 3.04. The minimum atomic E-state index is -0.385. The molecule has 0 amide bonds. The highest BCUT2D eigenvalue weighted by atomic mass is 32.2. The van der Waals surface area contributed by atoms with Gasteiger partial charge in [-0.25, -0.2) is 19.3 Å². The quantitative estimate of drug-likeness (QED) is 0.423. The molecule has 0 unspecified atom stereocenters. The summed E-state index contributed by atoms with van der Waals surface area (Å²) in [6, 6.07) is 12.8. The molecule has 1 aromatic carbocycles. The van der Waals surface area contributed by atoms with Crippen LogP contribution in [0.3, 0.4) is 0 Å². The lowest BCUT2D eigenvalue weighted by Gasteiger charge is -2.12. The van der Waals surface area contributed by atoms with Gasteiger partial charge in [-0.05, 0) is 37.4 Å². The van der Waals surface area contributed by atoms with Crippen LogP contribution in [0, 0.1) is 12.7 Å². The second kappa shape index (κ2) is 7.24. The fraction of sp³-hybridized carbons (Fsp3) is 0.105. The topological polar surface area (TPSA) is 78.5 Å². The Bertz CT molecular complexity index is 1090. The Morgan fingerprint density at radius 2 is 1.85 bits per heavy atom. The molecule has 27 heavy (non-hydrogen) atoms. The third-order valence-corrected chi connectivity index (χ3v) is 4.73. The largest absolute Gasteiger partial charge is 0.353 e. The fourth-order valence-electron chi connectivity index (χ4n) is 2.74. The van der Waals surface area contributed by atoms with E-state index in [0.717, 1.165) is 33.8 Å². The Hall–Kier alpha value is -3.13. The molecule has 0 bridgehead atoms. The van der Waals surface area contributed by atoms with Gasteiger partial charge in [0.15, 0.2) is 5.65 Å². The molecule has 0 radical (unpaired) electrons. The van der Waals surface area contributed by atoms with Crippen LogP contribution >= 0.6 is 11.8 Å². The summed E-state index contributed by atoms with van der Waals surface area (Å²) in [5.74, 6) is 1.48. The number of imidazole rings is 1. The zero-order valence-corrected chi connectivity index (χ0v) is 15.6. The Balaban J connectivity index is 1.75. The number of nitrogens with one attached hydrogen (secondary N) is 3. The van der Waals surface area contributed by atoms with Crippen molar-refractivity contribution in [1.82, 2.24) is 19.9 Å². The molecule has 0 saturated carbocycles. The van der Waals surface area contributed by atoms with Crippen molar-refractivity contribution >= 4 is 45.9 Å². The molecule has 136 valence electrons. The number of nitrogens with zero attached hydrogens (tertiary/aromatic N) is 3. The van der Waals surface area contributed by atoms with E-state index in [1.54, 1.807) is 17.8 Å². The summed E-state index contributed by atoms with van der Waals surface area (Å²) in [5.41, 5.74) is 3.21. The van der Waals surface area contributed by atoms with Crippen molar-refractivity contribution in [3.63, 3.8) is 0 Å². The maximum Gasteiger partial charge on any atom is 0.161 e. The van der Waals surface area contributed by atoms with Crippen molar-refractivity contribution in [3.8, 4) is 0 Å². The number of fused-ring (bicyclic) bond motifs is 1. The van der Waals surface area contributed by atoms with Crippen molar-refractivity contribution in [2.75, 3.05) is 16.9 Å². The number of hydrogen-bond donors (Lipinski definition) is 3. The number of hydrogen-bond acceptors (Lipinski definition) is 6. The maximum atomic E-state index is 13.1. The maximum absolute atomic E-state index is 13.1. The number of aryl methyl sites for hydroxylation is 1. The van der Waals surface area contributed by atoms with Gasteiger partial charge in [0.2, 0.25) is 0 Å². The highest BCUT2D eigenvalue weighted by molar-refractivity contribution is 7.98. The van der Waals surface area contributed by atoms with E-state index in [-0.39, 0.29) is 5.82 Å². The highest BCUT2D eigenvalue weighted by Gasteiger charge is 2.12. The summed E-state index contributed by atoms with van der Waals surface area (Å²) >= 11 is 1.67. The summed E-state index contributed by atoms with van der Waals surface area (Å²) in [6.45, 7) is 1.88. The first-order valence-electron chi connectivity index (χ1n) is 8.28. The van der Waals surface area contributed by atoms with Gasteiger partial charge in [0, 0.05) is 11.0 Å². The molecule has 4 aromatic rings. The van der Waals surface area contributed by atoms with Crippen LogP contribution in [0.25, 0.3) is 11.2 Å². The Kier molecular flexibility index (Phi) is 4.64. The van der Waals surface area contributed by atoms with Crippen LogP contribution in [0.1, 0.15) is 5.82 Å². The minimum Gasteiger partial charge on any atom is -0.353 e. The molecule has 8 heteroatoms. The monoisotopic (exact) mass is 380 g/mol. The number of aromatic nitrogens is 4. The predicted molar refractivity (Wildman–Crippen MR) is 108 cm³/mol. The number of aromatic amines is 1. The molecule has 3 aromatic heterocycles. The van der Waals surface area contributed by atoms with Gasteiger partial charge < -0.3 is 15.6 Å². The van der Waals surface area contributed by atoms with E-state index in [9.17, 15) is 4.39 Å². The van der Waals surface area contributed by atoms with Crippen molar-refractivity contribution in [1.29, 1.82) is 0 Å². The van der Waals surface area contributed by atoms with Gasteiger partial charge in [0.1, 0.15) is 28.8 Å². The van der Waals surface area contributed by atoms with Gasteiger partial charge in [0.25, 0.3) is 0 Å². The van der Waals surface area contributed by atoms with E-state index in [0.29, 0.717) is 17.3 Å². The highest BCUT2D eigenvalue weighted by Crippen LogP contribution is 2.32. The molecule has 0 aliphatic carbocycles. The molecule has 4 rings (SSSR count). The molecule has 3 heterocycles. The Morgan fingerprint density at radius 1 is 1.00 bits per heavy atom. The molecule has 0 saturated heterocycles. The SMILES string of the molecule is CSc1ccccc1Nc1cc(Nc2ccc(F)cn2)nc2[nH]c(C)nc12. The molecule has 6 nitrogen and oxygen atoms in total. The van der Waals surface area contributed by atoms with Crippen LogP contribution in [-0.2, 0) is 0 Å². The first-order valence-corrected chi connectivity index (χ1v) is 9.51. The number of thioether (sulfide) groups is 1.